The number of para-hydroxylation sites is 1. The van der Waals surface area contributed by atoms with E-state index in [2.05, 4.69) is 10.3 Å². The summed E-state index contributed by atoms with van der Waals surface area (Å²) in [6, 6.07) is 7.62. The maximum atomic E-state index is 13.6. The zero-order valence-corrected chi connectivity index (χ0v) is 22.8. The van der Waals surface area contributed by atoms with Gasteiger partial charge >= 0.3 is 5.97 Å². The molecule has 0 spiro atoms. The number of carbonyl (C=O) groups is 3. The number of fused-ring (bicyclic) bond motifs is 3. The molecular formula is C30H37N3O6. The molecule has 0 saturated heterocycles. The van der Waals surface area contributed by atoms with Crippen molar-refractivity contribution < 1.29 is 29.0 Å². The number of nitrogens with zero attached hydrogens (tertiary/aromatic N) is 2. The molecule has 2 N–H and O–H groups in total. The van der Waals surface area contributed by atoms with E-state index < -0.39 is 35.4 Å². The highest BCUT2D eigenvalue weighted by Crippen LogP contribution is 2.46. The predicted molar refractivity (Wildman–Crippen MR) is 146 cm³/mol. The van der Waals surface area contributed by atoms with E-state index in [0.717, 1.165) is 35.7 Å². The van der Waals surface area contributed by atoms with E-state index in [9.17, 15) is 19.5 Å². The lowest BCUT2D eigenvalue weighted by molar-refractivity contribution is -0.145. The van der Waals surface area contributed by atoms with Gasteiger partial charge in [-0.2, -0.15) is 0 Å². The minimum Gasteiger partial charge on any atom is -0.489 e. The Morgan fingerprint density at radius 2 is 2.03 bits per heavy atom. The summed E-state index contributed by atoms with van der Waals surface area (Å²) in [5, 5.41) is 13.6. The summed E-state index contributed by atoms with van der Waals surface area (Å²) in [5.74, 6) is -2.00. The molecule has 5 atom stereocenters. The van der Waals surface area contributed by atoms with Gasteiger partial charge in [0.15, 0.2) is 0 Å². The van der Waals surface area contributed by atoms with Crippen molar-refractivity contribution in [3.05, 3.63) is 42.0 Å². The second-order valence-electron chi connectivity index (χ2n) is 11.0. The molecule has 0 radical (unpaired) electrons. The zero-order chi connectivity index (χ0) is 27.7. The number of benzene rings is 1. The van der Waals surface area contributed by atoms with Crippen LogP contribution in [0.4, 0.5) is 0 Å². The largest absolute Gasteiger partial charge is 0.489 e. The van der Waals surface area contributed by atoms with Crippen LogP contribution in [-0.4, -0.2) is 64.6 Å². The maximum Gasteiger partial charge on any atom is 0.330 e. The van der Waals surface area contributed by atoms with Crippen molar-refractivity contribution in [2.24, 2.45) is 17.8 Å². The number of carbonyl (C=O) groups excluding carboxylic acids is 2. The predicted octanol–water partition coefficient (Wildman–Crippen LogP) is 3.87. The Balaban J connectivity index is 1.44. The highest BCUT2D eigenvalue weighted by atomic mass is 16.5. The van der Waals surface area contributed by atoms with Crippen LogP contribution in [0.1, 0.15) is 51.0 Å². The molecule has 5 rings (SSSR count). The number of ether oxygens (including phenoxy) is 2. The van der Waals surface area contributed by atoms with Crippen LogP contribution in [0.3, 0.4) is 0 Å². The Morgan fingerprint density at radius 1 is 1.23 bits per heavy atom. The van der Waals surface area contributed by atoms with E-state index in [-0.39, 0.29) is 11.8 Å². The summed E-state index contributed by atoms with van der Waals surface area (Å²) >= 11 is 0. The average Bonchev–Trinajstić information content (AvgIpc) is 3.44. The van der Waals surface area contributed by atoms with Crippen LogP contribution >= 0.6 is 0 Å². The molecule has 3 aliphatic rings. The molecule has 2 aromatic rings. The Bertz CT molecular complexity index is 1310. The van der Waals surface area contributed by atoms with Gasteiger partial charge in [0.25, 0.3) is 0 Å². The standard InChI is InChI=1S/C30H37N3O6/c1-4-38-25-16-24(21-12-9-10-18(2)26(21)31-25)39-20-14-22-23(15-20)28(35)33(3)13-8-6-5-7-11-19-17-30(19,29(36)37)32-27(22)34/h7,9-12,16,19-20,22-23H,4-6,8,13-15,17H2,1-3H3,(H,32,34)(H,36,37). The molecule has 5 unspecified atom stereocenters. The quantitative estimate of drug-likeness (QED) is 0.558. The fourth-order valence-electron chi connectivity index (χ4n) is 6.03. The molecule has 1 aromatic carbocycles. The first-order valence-electron chi connectivity index (χ1n) is 13.9. The number of hydrogen-bond donors (Lipinski definition) is 2. The van der Waals surface area contributed by atoms with E-state index in [1.54, 1.807) is 18.0 Å². The van der Waals surface area contributed by atoms with Crippen molar-refractivity contribution in [2.45, 2.75) is 64.0 Å². The number of carboxylic acids is 1. The number of amides is 2. The van der Waals surface area contributed by atoms with Crippen LogP contribution in [0.25, 0.3) is 10.9 Å². The lowest BCUT2D eigenvalue weighted by Crippen LogP contribution is -2.49. The average molecular weight is 536 g/mol. The van der Waals surface area contributed by atoms with Crippen LogP contribution < -0.4 is 14.8 Å². The molecule has 2 saturated carbocycles. The normalized spacial score (nSPS) is 29.3. The number of hydrogen-bond acceptors (Lipinski definition) is 6. The summed E-state index contributed by atoms with van der Waals surface area (Å²) in [5.41, 5.74) is 0.461. The minimum atomic E-state index is -1.30. The first-order valence-corrected chi connectivity index (χ1v) is 13.9. The van der Waals surface area contributed by atoms with Gasteiger partial charge in [-0.3, -0.25) is 9.59 Å². The maximum absolute atomic E-state index is 13.6. The summed E-state index contributed by atoms with van der Waals surface area (Å²) in [7, 11) is 1.77. The lowest BCUT2D eigenvalue weighted by Gasteiger charge is -2.26. The molecule has 1 aliphatic heterocycles. The summed E-state index contributed by atoms with van der Waals surface area (Å²) in [6.07, 6.45) is 7.10. The summed E-state index contributed by atoms with van der Waals surface area (Å²) < 4.78 is 12.2. The van der Waals surface area contributed by atoms with Gasteiger partial charge in [-0.25, -0.2) is 9.78 Å². The highest BCUT2D eigenvalue weighted by molar-refractivity contribution is 5.94. The SMILES string of the molecule is CCOc1cc(OC2CC3C(=O)NC4(C(=O)O)CC4C=CCCCCN(C)C(=O)C3C2)c2cccc(C)c2n1. The number of pyridine rings is 1. The Labute approximate surface area is 228 Å². The number of carboxylic acid groups (broad SMARTS) is 1. The van der Waals surface area contributed by atoms with Gasteiger partial charge in [0.2, 0.25) is 17.7 Å². The van der Waals surface area contributed by atoms with Crippen LogP contribution in [-0.2, 0) is 14.4 Å². The molecule has 0 bridgehead atoms. The Hall–Kier alpha value is -3.62. The van der Waals surface area contributed by atoms with Gasteiger partial charge in [0.05, 0.1) is 24.0 Å². The number of allylic oxidation sites excluding steroid dienone is 1. The number of aryl methyl sites for hydroxylation is 1. The minimum absolute atomic E-state index is 0.101. The van der Waals surface area contributed by atoms with Gasteiger partial charge in [-0.05, 0) is 64.0 Å². The number of nitrogens with one attached hydrogen (secondary N) is 1. The van der Waals surface area contributed by atoms with Crippen molar-refractivity contribution in [3.63, 3.8) is 0 Å². The van der Waals surface area contributed by atoms with Gasteiger partial charge in [0, 0.05) is 31.0 Å². The molecule has 9 nitrogen and oxygen atoms in total. The molecule has 2 heterocycles. The zero-order valence-electron chi connectivity index (χ0n) is 22.8. The van der Waals surface area contributed by atoms with E-state index in [4.69, 9.17) is 9.47 Å². The van der Waals surface area contributed by atoms with E-state index >= 15 is 0 Å². The van der Waals surface area contributed by atoms with Crippen LogP contribution in [0.5, 0.6) is 11.6 Å². The molecule has 9 heteroatoms. The number of aliphatic carboxylic acids is 1. The Kier molecular flexibility index (Phi) is 7.51. The monoisotopic (exact) mass is 535 g/mol. The third-order valence-corrected chi connectivity index (χ3v) is 8.34. The number of rotatable bonds is 5. The third-order valence-electron chi connectivity index (χ3n) is 8.34. The topological polar surface area (TPSA) is 118 Å². The van der Waals surface area contributed by atoms with Crippen molar-refractivity contribution >= 4 is 28.7 Å². The van der Waals surface area contributed by atoms with E-state index in [1.807, 2.05) is 44.2 Å². The van der Waals surface area contributed by atoms with E-state index in [0.29, 0.717) is 44.0 Å². The second kappa shape index (κ2) is 10.9. The first-order chi connectivity index (χ1) is 18.7. The van der Waals surface area contributed by atoms with Gasteiger partial charge in [0.1, 0.15) is 17.4 Å². The molecule has 2 fully saturated rings. The fraction of sp³-hybridized carbons (Fsp3) is 0.533. The van der Waals surface area contributed by atoms with Gasteiger partial charge < -0.3 is 24.8 Å². The highest BCUT2D eigenvalue weighted by Gasteiger charge is 2.61. The van der Waals surface area contributed by atoms with Crippen LogP contribution in [0, 0.1) is 24.7 Å². The van der Waals surface area contributed by atoms with Crippen molar-refractivity contribution in [1.29, 1.82) is 0 Å². The number of aromatic nitrogens is 1. The third kappa shape index (κ3) is 5.31. The van der Waals surface area contributed by atoms with Crippen molar-refractivity contribution in [1.82, 2.24) is 15.2 Å². The molecule has 1 aromatic heterocycles. The van der Waals surface area contributed by atoms with Crippen molar-refractivity contribution in [3.8, 4) is 11.6 Å². The van der Waals surface area contributed by atoms with Crippen molar-refractivity contribution in [2.75, 3.05) is 20.2 Å². The van der Waals surface area contributed by atoms with Gasteiger partial charge in [-0.1, -0.05) is 24.3 Å². The van der Waals surface area contributed by atoms with Gasteiger partial charge in [-0.15, -0.1) is 0 Å². The van der Waals surface area contributed by atoms with Crippen LogP contribution in [0.15, 0.2) is 36.4 Å². The lowest BCUT2D eigenvalue weighted by atomic mass is 9.93. The molecule has 208 valence electrons. The Morgan fingerprint density at radius 3 is 2.79 bits per heavy atom. The van der Waals surface area contributed by atoms with Crippen LogP contribution in [0.2, 0.25) is 0 Å². The fourth-order valence-corrected chi connectivity index (χ4v) is 6.03. The summed E-state index contributed by atoms with van der Waals surface area (Å²) in [6.45, 7) is 4.94. The first kappa shape index (κ1) is 27.0. The van der Waals surface area contributed by atoms with E-state index in [1.165, 1.54) is 0 Å². The summed E-state index contributed by atoms with van der Waals surface area (Å²) in [4.78, 5) is 45.7. The second-order valence-corrected chi connectivity index (χ2v) is 11.0. The smallest absolute Gasteiger partial charge is 0.330 e. The molecule has 39 heavy (non-hydrogen) atoms. The molecule has 2 amide bonds. The molecular weight excluding hydrogens is 498 g/mol. The molecule has 2 aliphatic carbocycles.